The van der Waals surface area contributed by atoms with Crippen LogP contribution in [0.4, 0.5) is 0 Å². The first-order valence-electron chi connectivity index (χ1n) is 10.7. The van der Waals surface area contributed by atoms with E-state index in [9.17, 15) is 0 Å². The molecule has 5 nitrogen and oxygen atoms in total. The number of nitrogens with one attached hydrogen (secondary N) is 2. The largest absolute Gasteiger partial charge is 0.356 e. The fraction of sp³-hybridized carbons (Fsp3) is 0.682. The maximum atomic E-state index is 4.81. The average molecular weight is 374 g/mol. The van der Waals surface area contributed by atoms with Crippen molar-refractivity contribution in [1.82, 2.24) is 20.4 Å². The summed E-state index contributed by atoms with van der Waals surface area (Å²) in [6, 6.07) is 9.15. The second kappa shape index (κ2) is 12.0. The number of hydrogen-bond donors (Lipinski definition) is 2. The average Bonchev–Trinajstić information content (AvgIpc) is 2.70. The van der Waals surface area contributed by atoms with Crippen LogP contribution < -0.4 is 10.6 Å². The fourth-order valence-electron chi connectivity index (χ4n) is 3.32. The van der Waals surface area contributed by atoms with Gasteiger partial charge in [0.05, 0.1) is 6.54 Å². The minimum atomic E-state index is 0.515. The lowest BCUT2D eigenvalue weighted by molar-refractivity contribution is 0.107. The molecule has 1 fully saturated rings. The van der Waals surface area contributed by atoms with Crippen molar-refractivity contribution in [2.75, 3.05) is 45.8 Å². The Morgan fingerprint density at radius 3 is 2.41 bits per heavy atom. The summed E-state index contributed by atoms with van der Waals surface area (Å²) in [7, 11) is 0. The topological polar surface area (TPSA) is 42.9 Å². The zero-order valence-electron chi connectivity index (χ0n) is 17.8. The molecular weight excluding hydrogens is 334 g/mol. The van der Waals surface area contributed by atoms with E-state index in [1.165, 1.54) is 37.1 Å². The first kappa shape index (κ1) is 21.7. The van der Waals surface area contributed by atoms with Gasteiger partial charge in [0.2, 0.25) is 0 Å². The summed E-state index contributed by atoms with van der Waals surface area (Å²) in [5.74, 6) is 0.933. The van der Waals surface area contributed by atoms with E-state index < -0.39 is 0 Å². The summed E-state index contributed by atoms with van der Waals surface area (Å²) in [6.45, 7) is 17.4. The Labute approximate surface area is 166 Å². The van der Waals surface area contributed by atoms with Gasteiger partial charge in [-0.1, -0.05) is 50.1 Å². The van der Waals surface area contributed by atoms with Gasteiger partial charge in [-0.3, -0.25) is 4.90 Å². The van der Waals surface area contributed by atoms with E-state index in [-0.39, 0.29) is 0 Å². The summed E-state index contributed by atoms with van der Waals surface area (Å²) >= 11 is 0. The number of aryl methyl sites for hydroxylation is 1. The third-order valence-corrected chi connectivity index (χ3v) is 5.41. The van der Waals surface area contributed by atoms with Crippen molar-refractivity contribution >= 4 is 5.96 Å². The van der Waals surface area contributed by atoms with E-state index in [1.807, 2.05) is 0 Å². The highest BCUT2D eigenvalue weighted by Crippen LogP contribution is 2.06. The molecule has 5 heteroatoms. The smallest absolute Gasteiger partial charge is 0.191 e. The van der Waals surface area contributed by atoms with Gasteiger partial charge in [-0.15, -0.1) is 0 Å². The molecule has 2 N–H and O–H groups in total. The second-order valence-corrected chi connectivity index (χ2v) is 7.63. The van der Waals surface area contributed by atoms with Crippen molar-refractivity contribution in [1.29, 1.82) is 0 Å². The van der Waals surface area contributed by atoms with Gasteiger partial charge in [0.25, 0.3) is 0 Å². The molecule has 0 aliphatic carbocycles. The van der Waals surface area contributed by atoms with Gasteiger partial charge in [0, 0.05) is 45.3 Å². The molecule has 0 saturated carbocycles. The van der Waals surface area contributed by atoms with Crippen molar-refractivity contribution in [3.8, 4) is 0 Å². The Kier molecular flexibility index (Phi) is 9.64. The minimum absolute atomic E-state index is 0.515. The van der Waals surface area contributed by atoms with Crippen LogP contribution in [0, 0.1) is 6.92 Å². The van der Waals surface area contributed by atoms with Crippen molar-refractivity contribution in [3.05, 3.63) is 35.4 Å². The number of unbranched alkanes of at least 4 members (excludes halogenated alkanes) is 1. The van der Waals surface area contributed by atoms with E-state index in [4.69, 9.17) is 4.99 Å². The molecule has 1 unspecified atom stereocenters. The standard InChI is InChI=1S/C22H39N5/c1-5-7-12-23-22(25-18-21-10-8-19(3)9-11-21)24-17-20(4)27-15-13-26(6-2)14-16-27/h8-11,20H,5-7,12-18H2,1-4H3,(H2,23,24,25). The van der Waals surface area contributed by atoms with Crippen molar-refractivity contribution in [2.24, 2.45) is 4.99 Å². The van der Waals surface area contributed by atoms with Crippen LogP contribution in [0.15, 0.2) is 29.3 Å². The molecule has 1 aliphatic rings. The van der Waals surface area contributed by atoms with Crippen LogP contribution in [0.5, 0.6) is 0 Å². The number of aliphatic imine (C=N–C) groups is 1. The molecule has 1 saturated heterocycles. The van der Waals surface area contributed by atoms with Gasteiger partial charge in [-0.05, 0) is 32.4 Å². The van der Waals surface area contributed by atoms with Crippen molar-refractivity contribution in [2.45, 2.75) is 53.1 Å². The lowest BCUT2D eigenvalue weighted by atomic mass is 10.1. The molecule has 1 aliphatic heterocycles. The van der Waals surface area contributed by atoms with Gasteiger partial charge in [-0.2, -0.15) is 0 Å². The predicted molar refractivity (Wildman–Crippen MR) is 116 cm³/mol. The highest BCUT2D eigenvalue weighted by atomic mass is 15.3. The van der Waals surface area contributed by atoms with E-state index in [2.05, 4.69) is 72.4 Å². The van der Waals surface area contributed by atoms with Crippen LogP contribution in [0.1, 0.15) is 44.7 Å². The molecule has 27 heavy (non-hydrogen) atoms. The number of hydrogen-bond acceptors (Lipinski definition) is 3. The number of guanidine groups is 1. The number of rotatable bonds is 9. The summed E-state index contributed by atoms with van der Waals surface area (Å²) in [5, 5.41) is 7.06. The molecule has 2 rings (SSSR count). The molecule has 0 amide bonds. The number of piperazine rings is 1. The normalized spacial score (nSPS) is 17.7. The van der Waals surface area contributed by atoms with Gasteiger partial charge in [0.1, 0.15) is 0 Å². The van der Waals surface area contributed by atoms with Crippen LogP contribution in [0.2, 0.25) is 0 Å². The molecule has 152 valence electrons. The summed E-state index contributed by atoms with van der Waals surface area (Å²) < 4.78 is 0. The summed E-state index contributed by atoms with van der Waals surface area (Å²) in [6.07, 6.45) is 2.36. The number of nitrogens with zero attached hydrogens (tertiary/aromatic N) is 3. The Bertz CT molecular complexity index is 546. The van der Waals surface area contributed by atoms with Crippen LogP contribution in [-0.4, -0.2) is 67.6 Å². The molecule has 0 radical (unpaired) electrons. The number of likely N-dealkylation sites (N-methyl/N-ethyl adjacent to an activating group) is 1. The maximum absolute atomic E-state index is 4.81. The van der Waals surface area contributed by atoms with Crippen LogP contribution in [0.3, 0.4) is 0 Å². The zero-order valence-corrected chi connectivity index (χ0v) is 17.8. The molecule has 0 aromatic heterocycles. The fourth-order valence-corrected chi connectivity index (χ4v) is 3.32. The Hall–Kier alpha value is -1.59. The number of benzene rings is 1. The van der Waals surface area contributed by atoms with E-state index in [0.29, 0.717) is 12.6 Å². The lowest BCUT2D eigenvalue weighted by Gasteiger charge is -2.37. The SMILES string of the molecule is CCCCNC(=NCc1ccc(C)cc1)NCC(C)N1CCN(CC)CC1. The Morgan fingerprint density at radius 1 is 1.07 bits per heavy atom. The highest BCUT2D eigenvalue weighted by molar-refractivity contribution is 5.79. The third kappa shape index (κ3) is 7.89. The highest BCUT2D eigenvalue weighted by Gasteiger charge is 2.20. The first-order chi connectivity index (χ1) is 13.1. The van der Waals surface area contributed by atoms with Crippen molar-refractivity contribution < 1.29 is 0 Å². The zero-order chi connectivity index (χ0) is 19.5. The third-order valence-electron chi connectivity index (χ3n) is 5.41. The minimum Gasteiger partial charge on any atom is -0.356 e. The molecule has 1 aromatic rings. The maximum Gasteiger partial charge on any atom is 0.191 e. The van der Waals surface area contributed by atoms with E-state index >= 15 is 0 Å². The quantitative estimate of drug-likeness (QED) is 0.397. The van der Waals surface area contributed by atoms with Gasteiger partial charge in [0.15, 0.2) is 5.96 Å². The van der Waals surface area contributed by atoms with Gasteiger partial charge < -0.3 is 15.5 Å². The summed E-state index contributed by atoms with van der Waals surface area (Å²) in [4.78, 5) is 9.92. The Morgan fingerprint density at radius 2 is 1.78 bits per heavy atom. The van der Waals surface area contributed by atoms with Gasteiger partial charge in [-0.25, -0.2) is 4.99 Å². The van der Waals surface area contributed by atoms with Crippen LogP contribution >= 0.6 is 0 Å². The predicted octanol–water partition coefficient (Wildman–Crippen LogP) is 2.86. The first-order valence-corrected chi connectivity index (χ1v) is 10.7. The summed E-state index contributed by atoms with van der Waals surface area (Å²) in [5.41, 5.74) is 2.54. The molecule has 0 spiro atoms. The van der Waals surface area contributed by atoms with Crippen molar-refractivity contribution in [3.63, 3.8) is 0 Å². The van der Waals surface area contributed by atoms with E-state index in [1.54, 1.807) is 0 Å². The van der Waals surface area contributed by atoms with E-state index in [0.717, 1.165) is 38.7 Å². The second-order valence-electron chi connectivity index (χ2n) is 7.63. The lowest BCUT2D eigenvalue weighted by Crippen LogP contribution is -2.53. The molecule has 1 heterocycles. The molecule has 1 atom stereocenters. The molecular formula is C22H39N5. The monoisotopic (exact) mass is 373 g/mol. The molecule has 0 bridgehead atoms. The van der Waals surface area contributed by atoms with Gasteiger partial charge >= 0.3 is 0 Å². The van der Waals surface area contributed by atoms with Crippen LogP contribution in [0.25, 0.3) is 0 Å². The molecule has 1 aromatic carbocycles. The Balaban J connectivity index is 1.85. The van der Waals surface area contributed by atoms with Crippen LogP contribution in [-0.2, 0) is 6.54 Å².